The third-order valence-corrected chi connectivity index (χ3v) is 8.69. The molecule has 7 atom stereocenters. The Morgan fingerprint density at radius 1 is 0.870 bits per heavy atom. The first-order valence-electron chi connectivity index (χ1n) is 10.1. The summed E-state index contributed by atoms with van der Waals surface area (Å²) in [5.74, 6) is 3.36. The molecule has 0 bridgehead atoms. The Morgan fingerprint density at radius 2 is 1.65 bits per heavy atom. The predicted octanol–water partition coefficient (Wildman–Crippen LogP) is 5.35. The van der Waals surface area contributed by atoms with Crippen LogP contribution in [0.1, 0.15) is 85.0 Å². The van der Waals surface area contributed by atoms with Crippen molar-refractivity contribution in [3.8, 4) is 0 Å². The Morgan fingerprint density at radius 3 is 2.43 bits per heavy atom. The van der Waals surface area contributed by atoms with E-state index >= 15 is 0 Å². The average molecular weight is 319 g/mol. The molecule has 0 saturated heterocycles. The molecule has 0 aromatic rings. The van der Waals surface area contributed by atoms with Crippen LogP contribution < -0.4 is 0 Å². The monoisotopic (exact) mass is 318 g/mol. The summed E-state index contributed by atoms with van der Waals surface area (Å²) in [6.45, 7) is 6.72. The van der Waals surface area contributed by atoms with Crippen LogP contribution >= 0.6 is 0 Å². The van der Waals surface area contributed by atoms with Crippen molar-refractivity contribution in [2.24, 2.45) is 34.5 Å². The summed E-state index contributed by atoms with van der Waals surface area (Å²) in [6.07, 6.45) is 13.9. The molecule has 0 amide bonds. The molecule has 0 N–H and O–H groups in total. The molecule has 0 radical (unpaired) electrons. The number of fused-ring (bicyclic) bond motifs is 5. The minimum absolute atomic E-state index is 0.0756. The van der Waals surface area contributed by atoms with Crippen LogP contribution in [0.5, 0.6) is 0 Å². The van der Waals surface area contributed by atoms with Gasteiger partial charge in [0.1, 0.15) is 6.10 Å². The van der Waals surface area contributed by atoms with Gasteiger partial charge in [-0.15, -0.1) is 0 Å². The zero-order chi connectivity index (χ0) is 16.2. The minimum Gasteiger partial charge on any atom is -0.462 e. The molecule has 0 aromatic carbocycles. The topological polar surface area (TPSA) is 26.3 Å². The van der Waals surface area contributed by atoms with Crippen LogP contribution in [0.4, 0.5) is 0 Å². The van der Waals surface area contributed by atoms with Crippen molar-refractivity contribution in [2.45, 2.75) is 91.1 Å². The van der Waals surface area contributed by atoms with Crippen LogP contribution in [0.15, 0.2) is 0 Å². The highest BCUT2D eigenvalue weighted by molar-refractivity contribution is 5.66. The minimum atomic E-state index is -0.0756. The lowest BCUT2D eigenvalue weighted by Gasteiger charge is -2.61. The van der Waals surface area contributed by atoms with Crippen molar-refractivity contribution in [3.63, 3.8) is 0 Å². The molecule has 4 saturated carbocycles. The lowest BCUT2D eigenvalue weighted by atomic mass is 9.45. The van der Waals surface area contributed by atoms with Crippen molar-refractivity contribution in [1.82, 2.24) is 0 Å². The average Bonchev–Trinajstić information content (AvgIpc) is 2.88. The highest BCUT2D eigenvalue weighted by atomic mass is 16.5. The molecule has 4 rings (SSSR count). The van der Waals surface area contributed by atoms with E-state index in [-0.39, 0.29) is 12.1 Å². The summed E-state index contributed by atoms with van der Waals surface area (Å²) in [5.41, 5.74) is 1.07. The van der Waals surface area contributed by atoms with Crippen molar-refractivity contribution in [1.29, 1.82) is 0 Å². The van der Waals surface area contributed by atoms with Crippen molar-refractivity contribution in [2.75, 3.05) is 0 Å². The Kier molecular flexibility index (Phi) is 3.81. The second kappa shape index (κ2) is 5.49. The van der Waals surface area contributed by atoms with Crippen molar-refractivity contribution in [3.05, 3.63) is 0 Å². The second-order valence-corrected chi connectivity index (χ2v) is 9.69. The molecule has 0 aliphatic heterocycles. The quantitative estimate of drug-likeness (QED) is 0.609. The standard InChI is InChI=1S/C21H34O2/c1-14(22)23-19-7-5-12-21(3)17-10-13-20(2)11-4-6-16(20)15(17)8-9-18(19)21/h15-19H,4-13H2,1-3H3/t15-,16-,17-,18-,19-,20-,21+/m0/s1. The normalized spacial score (nSPS) is 52.2. The Balaban J connectivity index is 1.60. The number of carbonyl (C=O) groups is 1. The highest BCUT2D eigenvalue weighted by Crippen LogP contribution is 2.66. The van der Waals surface area contributed by atoms with Gasteiger partial charge in [0, 0.05) is 12.8 Å². The van der Waals surface area contributed by atoms with Gasteiger partial charge in [0.05, 0.1) is 0 Å². The SMILES string of the molecule is CC(=O)O[C@H]1CCC[C@]2(C)[C@H]3CC[C@]4(C)CCC[C@H]4[C@@H]3CC[C@@H]12. The Labute approximate surface area is 141 Å². The third-order valence-electron chi connectivity index (χ3n) is 8.69. The summed E-state index contributed by atoms with van der Waals surface area (Å²) in [7, 11) is 0. The molecule has 4 aliphatic rings. The molecule has 23 heavy (non-hydrogen) atoms. The molecule has 2 heteroatoms. The van der Waals surface area contributed by atoms with Gasteiger partial charge in [-0.25, -0.2) is 0 Å². The lowest BCUT2D eigenvalue weighted by molar-refractivity contribution is -0.172. The van der Waals surface area contributed by atoms with Crippen LogP contribution in [0, 0.1) is 34.5 Å². The fourth-order valence-corrected chi connectivity index (χ4v) is 7.70. The Hall–Kier alpha value is -0.530. The number of hydrogen-bond acceptors (Lipinski definition) is 2. The van der Waals surface area contributed by atoms with E-state index in [1.54, 1.807) is 6.92 Å². The summed E-state index contributed by atoms with van der Waals surface area (Å²) < 4.78 is 5.77. The smallest absolute Gasteiger partial charge is 0.302 e. The maximum Gasteiger partial charge on any atom is 0.302 e. The Bertz CT molecular complexity index is 486. The number of ether oxygens (including phenoxy) is 1. The van der Waals surface area contributed by atoms with Gasteiger partial charge in [0.2, 0.25) is 0 Å². The van der Waals surface area contributed by atoms with Crippen LogP contribution in [-0.2, 0) is 9.53 Å². The summed E-state index contributed by atoms with van der Waals surface area (Å²) in [6, 6.07) is 0. The summed E-state index contributed by atoms with van der Waals surface area (Å²) in [5, 5.41) is 0. The largest absolute Gasteiger partial charge is 0.462 e. The fourth-order valence-electron chi connectivity index (χ4n) is 7.70. The molecule has 130 valence electrons. The molecule has 2 nitrogen and oxygen atoms in total. The van der Waals surface area contributed by atoms with Gasteiger partial charge in [0.15, 0.2) is 0 Å². The van der Waals surface area contributed by atoms with Crippen LogP contribution in [-0.4, -0.2) is 12.1 Å². The number of rotatable bonds is 1. The maximum absolute atomic E-state index is 11.5. The van der Waals surface area contributed by atoms with Crippen LogP contribution in [0.3, 0.4) is 0 Å². The first kappa shape index (κ1) is 16.0. The highest BCUT2D eigenvalue weighted by Gasteiger charge is 2.59. The summed E-state index contributed by atoms with van der Waals surface area (Å²) in [4.78, 5) is 11.5. The van der Waals surface area contributed by atoms with Gasteiger partial charge in [-0.1, -0.05) is 20.3 Å². The van der Waals surface area contributed by atoms with E-state index in [4.69, 9.17) is 4.74 Å². The van der Waals surface area contributed by atoms with E-state index in [2.05, 4.69) is 13.8 Å². The van der Waals surface area contributed by atoms with Gasteiger partial charge in [-0.05, 0) is 86.4 Å². The number of carbonyl (C=O) groups excluding carboxylic acids is 1. The maximum atomic E-state index is 11.5. The van der Waals surface area contributed by atoms with E-state index in [0.717, 1.165) is 24.2 Å². The number of esters is 1. The van der Waals surface area contributed by atoms with Crippen LogP contribution in [0.25, 0.3) is 0 Å². The first-order chi connectivity index (χ1) is 10.9. The van der Waals surface area contributed by atoms with E-state index in [9.17, 15) is 4.79 Å². The van der Waals surface area contributed by atoms with Gasteiger partial charge in [-0.2, -0.15) is 0 Å². The van der Waals surface area contributed by atoms with E-state index < -0.39 is 0 Å². The zero-order valence-electron chi connectivity index (χ0n) is 15.3. The molecule has 0 unspecified atom stereocenters. The number of hydrogen-bond donors (Lipinski definition) is 0. The molecule has 0 aromatic heterocycles. The molecule has 0 spiro atoms. The molecular formula is C21H34O2. The first-order valence-corrected chi connectivity index (χ1v) is 10.1. The molecular weight excluding hydrogens is 284 g/mol. The van der Waals surface area contributed by atoms with E-state index in [1.165, 1.54) is 57.8 Å². The summed E-state index contributed by atoms with van der Waals surface area (Å²) >= 11 is 0. The lowest BCUT2D eigenvalue weighted by Crippen LogP contribution is -2.55. The van der Waals surface area contributed by atoms with Gasteiger partial charge in [0.25, 0.3) is 0 Å². The molecule has 4 aliphatic carbocycles. The zero-order valence-corrected chi connectivity index (χ0v) is 15.3. The second-order valence-electron chi connectivity index (χ2n) is 9.69. The van der Waals surface area contributed by atoms with Gasteiger partial charge >= 0.3 is 5.97 Å². The van der Waals surface area contributed by atoms with E-state index in [0.29, 0.717) is 16.7 Å². The predicted molar refractivity (Wildman–Crippen MR) is 91.9 cm³/mol. The van der Waals surface area contributed by atoms with Crippen molar-refractivity contribution >= 4 is 5.97 Å². The van der Waals surface area contributed by atoms with Gasteiger partial charge in [-0.3, -0.25) is 4.79 Å². The van der Waals surface area contributed by atoms with Crippen molar-refractivity contribution < 1.29 is 9.53 Å². The third kappa shape index (κ3) is 2.38. The van der Waals surface area contributed by atoms with Crippen LogP contribution in [0.2, 0.25) is 0 Å². The molecule has 4 fully saturated rings. The molecule has 0 heterocycles. The fraction of sp³-hybridized carbons (Fsp3) is 0.952. The van der Waals surface area contributed by atoms with Gasteiger partial charge < -0.3 is 4.74 Å². The van der Waals surface area contributed by atoms with E-state index in [1.807, 2.05) is 0 Å².